The maximum atomic E-state index is 10.5. The molecule has 98 valence electrons. The fourth-order valence-corrected chi connectivity index (χ4v) is 2.98. The van der Waals surface area contributed by atoms with Gasteiger partial charge in [-0.05, 0) is 57.8 Å². The molecule has 0 unspecified atom stereocenters. The Morgan fingerprint density at radius 3 is 2.29 bits per heavy atom. The summed E-state index contributed by atoms with van der Waals surface area (Å²) in [4.78, 5) is 15.4. The number of nitrogens with zero attached hydrogens (tertiary/aromatic N) is 2. The zero-order valence-corrected chi connectivity index (χ0v) is 10.6. The number of aliphatic carboxylic acids is 1. The largest absolute Gasteiger partial charge is 0.481 e. The van der Waals surface area contributed by atoms with Crippen LogP contribution in [0.1, 0.15) is 32.1 Å². The third kappa shape index (κ3) is 4.28. The first-order valence-corrected chi connectivity index (χ1v) is 6.90. The van der Waals surface area contributed by atoms with Crippen LogP contribution < -0.4 is 0 Å². The Morgan fingerprint density at radius 2 is 1.71 bits per heavy atom. The maximum absolute atomic E-state index is 10.5. The van der Waals surface area contributed by atoms with Crippen molar-refractivity contribution in [1.29, 1.82) is 0 Å². The van der Waals surface area contributed by atoms with Crippen LogP contribution in [0.15, 0.2) is 0 Å². The van der Waals surface area contributed by atoms with Gasteiger partial charge in [0.25, 0.3) is 0 Å². The predicted molar refractivity (Wildman–Crippen MR) is 67.1 cm³/mol. The van der Waals surface area contributed by atoms with E-state index >= 15 is 0 Å². The predicted octanol–water partition coefficient (Wildman–Crippen LogP) is 1.27. The molecule has 2 fully saturated rings. The molecule has 0 amide bonds. The van der Waals surface area contributed by atoms with E-state index in [0.717, 1.165) is 25.6 Å². The Bertz CT molecular complexity index is 244. The van der Waals surface area contributed by atoms with Crippen LogP contribution in [0.4, 0.5) is 0 Å². The normalized spacial score (nSPS) is 24.2. The van der Waals surface area contributed by atoms with Gasteiger partial charge >= 0.3 is 5.97 Å². The molecule has 2 aliphatic rings. The lowest BCUT2D eigenvalue weighted by Crippen LogP contribution is -2.38. The fraction of sp³-hybridized carbons (Fsp3) is 0.923. The molecule has 0 aromatic heterocycles. The Hall–Kier alpha value is -0.610. The van der Waals surface area contributed by atoms with E-state index in [9.17, 15) is 4.79 Å². The second-order valence-corrected chi connectivity index (χ2v) is 5.44. The van der Waals surface area contributed by atoms with E-state index in [0.29, 0.717) is 0 Å². The molecule has 0 radical (unpaired) electrons. The van der Waals surface area contributed by atoms with E-state index in [1.165, 1.54) is 45.3 Å². The minimum absolute atomic E-state index is 0.288. The van der Waals surface area contributed by atoms with Gasteiger partial charge in [-0.2, -0.15) is 0 Å². The van der Waals surface area contributed by atoms with E-state index in [4.69, 9.17) is 5.11 Å². The number of hydrogen-bond donors (Lipinski definition) is 1. The third-order valence-electron chi connectivity index (χ3n) is 4.06. The van der Waals surface area contributed by atoms with Crippen LogP contribution in [0, 0.1) is 5.92 Å². The molecule has 0 aliphatic carbocycles. The van der Waals surface area contributed by atoms with Gasteiger partial charge in [-0.1, -0.05) is 0 Å². The first-order valence-electron chi connectivity index (χ1n) is 6.90. The van der Waals surface area contributed by atoms with Crippen LogP contribution in [0.3, 0.4) is 0 Å². The molecule has 1 N–H and O–H groups in total. The number of carbonyl (C=O) groups is 1. The van der Waals surface area contributed by atoms with Crippen LogP contribution in [-0.2, 0) is 4.79 Å². The van der Waals surface area contributed by atoms with E-state index in [-0.39, 0.29) is 6.42 Å². The number of carboxylic acid groups (broad SMARTS) is 1. The Kier molecular flexibility index (Phi) is 4.80. The quantitative estimate of drug-likeness (QED) is 0.786. The summed E-state index contributed by atoms with van der Waals surface area (Å²) < 4.78 is 0. The summed E-state index contributed by atoms with van der Waals surface area (Å²) in [6.07, 6.45) is 5.53. The second-order valence-electron chi connectivity index (χ2n) is 5.44. The van der Waals surface area contributed by atoms with Gasteiger partial charge in [-0.3, -0.25) is 4.79 Å². The van der Waals surface area contributed by atoms with Crippen molar-refractivity contribution in [3.63, 3.8) is 0 Å². The highest BCUT2D eigenvalue weighted by Gasteiger charge is 2.22. The van der Waals surface area contributed by atoms with Crippen LogP contribution >= 0.6 is 0 Å². The average Bonchev–Trinajstić information content (AvgIpc) is 2.81. The van der Waals surface area contributed by atoms with Gasteiger partial charge in [0, 0.05) is 13.1 Å². The summed E-state index contributed by atoms with van der Waals surface area (Å²) in [5.74, 6) is 0.165. The van der Waals surface area contributed by atoms with E-state index in [2.05, 4.69) is 9.80 Å². The summed E-state index contributed by atoms with van der Waals surface area (Å²) in [5.41, 5.74) is 0. The van der Waals surface area contributed by atoms with Gasteiger partial charge in [-0.15, -0.1) is 0 Å². The van der Waals surface area contributed by atoms with Crippen LogP contribution in [0.5, 0.6) is 0 Å². The molecule has 17 heavy (non-hydrogen) atoms. The van der Waals surface area contributed by atoms with Crippen LogP contribution in [-0.4, -0.2) is 60.1 Å². The van der Waals surface area contributed by atoms with Gasteiger partial charge in [-0.25, -0.2) is 0 Å². The van der Waals surface area contributed by atoms with Crippen LogP contribution in [0.25, 0.3) is 0 Å². The molecular formula is C13H24N2O2. The highest BCUT2D eigenvalue weighted by Crippen LogP contribution is 2.20. The van der Waals surface area contributed by atoms with Crippen molar-refractivity contribution in [3.8, 4) is 0 Å². The number of carboxylic acids is 1. The molecule has 2 saturated heterocycles. The lowest BCUT2D eigenvalue weighted by atomic mass is 9.96. The minimum Gasteiger partial charge on any atom is -0.481 e. The van der Waals surface area contributed by atoms with Crippen molar-refractivity contribution in [2.75, 3.05) is 39.3 Å². The Balaban J connectivity index is 1.61. The summed E-state index contributed by atoms with van der Waals surface area (Å²) >= 11 is 0. The number of rotatable bonds is 5. The summed E-state index contributed by atoms with van der Waals surface area (Å²) in [6.45, 7) is 6.76. The fourth-order valence-electron chi connectivity index (χ4n) is 2.98. The van der Waals surface area contributed by atoms with Crippen molar-refractivity contribution in [3.05, 3.63) is 0 Å². The molecule has 4 nitrogen and oxygen atoms in total. The molecule has 0 aromatic rings. The number of hydrogen-bond acceptors (Lipinski definition) is 3. The second kappa shape index (κ2) is 6.36. The lowest BCUT2D eigenvalue weighted by molar-refractivity contribution is -0.137. The number of piperidine rings is 1. The molecule has 2 heterocycles. The van der Waals surface area contributed by atoms with Gasteiger partial charge in [0.05, 0.1) is 6.42 Å². The Labute approximate surface area is 104 Å². The molecule has 2 aliphatic heterocycles. The molecule has 4 heteroatoms. The molecule has 0 bridgehead atoms. The van der Waals surface area contributed by atoms with Gasteiger partial charge in [0.1, 0.15) is 0 Å². The standard InChI is InChI=1S/C13H24N2O2/c16-13(17)5-10-14-8-3-12(4-9-14)11-15-6-1-2-7-15/h12H,1-11H2,(H,16,17). The molecule has 0 spiro atoms. The first kappa shape index (κ1) is 12.8. The van der Waals surface area contributed by atoms with Gasteiger partial charge in [0.15, 0.2) is 0 Å². The smallest absolute Gasteiger partial charge is 0.304 e. The molecular weight excluding hydrogens is 216 g/mol. The SMILES string of the molecule is O=C(O)CCN1CCC(CN2CCCC2)CC1. The van der Waals surface area contributed by atoms with E-state index in [1.807, 2.05) is 0 Å². The third-order valence-corrected chi connectivity index (χ3v) is 4.06. The van der Waals surface area contributed by atoms with Crippen molar-refractivity contribution in [2.45, 2.75) is 32.1 Å². The van der Waals surface area contributed by atoms with E-state index in [1.54, 1.807) is 0 Å². The van der Waals surface area contributed by atoms with Gasteiger partial charge < -0.3 is 14.9 Å². The average molecular weight is 240 g/mol. The Morgan fingerprint density at radius 1 is 1.06 bits per heavy atom. The van der Waals surface area contributed by atoms with Crippen molar-refractivity contribution >= 4 is 5.97 Å². The molecule has 2 rings (SSSR count). The summed E-state index contributed by atoms with van der Waals surface area (Å²) in [7, 11) is 0. The molecule has 0 atom stereocenters. The van der Waals surface area contributed by atoms with Gasteiger partial charge in [0.2, 0.25) is 0 Å². The first-order chi connectivity index (χ1) is 8.24. The van der Waals surface area contributed by atoms with Crippen molar-refractivity contribution in [2.24, 2.45) is 5.92 Å². The minimum atomic E-state index is -0.677. The van der Waals surface area contributed by atoms with Crippen molar-refractivity contribution in [1.82, 2.24) is 9.80 Å². The zero-order chi connectivity index (χ0) is 12.1. The highest BCUT2D eigenvalue weighted by molar-refractivity contribution is 5.66. The summed E-state index contributed by atoms with van der Waals surface area (Å²) in [5, 5.41) is 8.65. The zero-order valence-electron chi connectivity index (χ0n) is 10.6. The number of likely N-dealkylation sites (tertiary alicyclic amines) is 2. The van der Waals surface area contributed by atoms with Crippen molar-refractivity contribution < 1.29 is 9.90 Å². The van der Waals surface area contributed by atoms with E-state index < -0.39 is 5.97 Å². The molecule has 0 saturated carbocycles. The summed E-state index contributed by atoms with van der Waals surface area (Å²) in [6, 6.07) is 0. The highest BCUT2D eigenvalue weighted by atomic mass is 16.4. The lowest BCUT2D eigenvalue weighted by Gasteiger charge is -2.33. The van der Waals surface area contributed by atoms with Crippen LogP contribution in [0.2, 0.25) is 0 Å². The topological polar surface area (TPSA) is 43.8 Å². The maximum Gasteiger partial charge on any atom is 0.304 e. The molecule has 0 aromatic carbocycles. The monoisotopic (exact) mass is 240 g/mol.